The highest BCUT2D eigenvalue weighted by atomic mass is 16.5. The van der Waals surface area contributed by atoms with Gasteiger partial charge in [-0.1, -0.05) is 25.1 Å². The fourth-order valence-electron chi connectivity index (χ4n) is 2.94. The molecule has 2 rings (SSSR count). The molecule has 0 bridgehead atoms. The number of rotatable bonds is 10. The first-order valence-corrected chi connectivity index (χ1v) is 9.43. The Morgan fingerprint density at radius 1 is 1.22 bits per heavy atom. The van der Waals surface area contributed by atoms with E-state index in [1.54, 1.807) is 11.8 Å². The minimum atomic E-state index is -0.362. The Kier molecular flexibility index (Phi) is 9.07. The fraction of sp³-hybridized carbons (Fsp3) is 0.600. The van der Waals surface area contributed by atoms with Crippen molar-refractivity contribution in [3.63, 3.8) is 0 Å². The summed E-state index contributed by atoms with van der Waals surface area (Å²) in [5.41, 5.74) is 0. The summed E-state index contributed by atoms with van der Waals surface area (Å²) in [7, 11) is 1.37. The van der Waals surface area contributed by atoms with Gasteiger partial charge in [-0.15, -0.1) is 0 Å². The monoisotopic (exact) mass is 378 g/mol. The van der Waals surface area contributed by atoms with E-state index in [1.165, 1.54) is 7.11 Å². The van der Waals surface area contributed by atoms with E-state index in [4.69, 9.17) is 14.2 Å². The molecule has 7 heteroatoms. The molecule has 27 heavy (non-hydrogen) atoms. The SMILES string of the molecule is COC(=O)C(C)CN(CCN1CCOCC1)C(=O)CCOc1ccccc1. The van der Waals surface area contributed by atoms with E-state index in [0.717, 1.165) is 38.6 Å². The zero-order chi connectivity index (χ0) is 19.5. The molecule has 0 aromatic heterocycles. The molecule has 1 unspecified atom stereocenters. The van der Waals surface area contributed by atoms with Crippen molar-refractivity contribution in [2.24, 2.45) is 5.92 Å². The number of amides is 1. The van der Waals surface area contributed by atoms with E-state index in [0.29, 0.717) is 19.7 Å². The Morgan fingerprint density at radius 3 is 2.59 bits per heavy atom. The van der Waals surface area contributed by atoms with Crippen molar-refractivity contribution >= 4 is 11.9 Å². The molecule has 1 aliphatic heterocycles. The van der Waals surface area contributed by atoms with Crippen LogP contribution in [-0.2, 0) is 19.1 Å². The maximum Gasteiger partial charge on any atom is 0.310 e. The standard InChI is InChI=1S/C20H30N2O5/c1-17(20(24)25-2)16-22(10-9-21-11-14-26-15-12-21)19(23)8-13-27-18-6-4-3-5-7-18/h3-7,17H,8-16H2,1-2H3. The van der Waals surface area contributed by atoms with Crippen molar-refractivity contribution in [2.75, 3.05) is 59.7 Å². The lowest BCUT2D eigenvalue weighted by Crippen LogP contribution is -2.45. The molecule has 1 fully saturated rings. The number of morpholine rings is 1. The normalized spacial score (nSPS) is 15.8. The molecule has 1 aliphatic rings. The van der Waals surface area contributed by atoms with Crippen LogP contribution in [0.25, 0.3) is 0 Å². The highest BCUT2D eigenvalue weighted by molar-refractivity contribution is 5.78. The number of para-hydroxylation sites is 1. The van der Waals surface area contributed by atoms with Crippen molar-refractivity contribution in [1.29, 1.82) is 0 Å². The van der Waals surface area contributed by atoms with Crippen LogP contribution in [-0.4, -0.2) is 81.3 Å². The topological polar surface area (TPSA) is 68.3 Å². The van der Waals surface area contributed by atoms with Gasteiger partial charge in [-0.05, 0) is 12.1 Å². The average Bonchev–Trinajstić information content (AvgIpc) is 2.71. The van der Waals surface area contributed by atoms with Gasteiger partial charge in [0.2, 0.25) is 5.91 Å². The molecule has 1 aromatic rings. The summed E-state index contributed by atoms with van der Waals surface area (Å²) in [5, 5.41) is 0. The van der Waals surface area contributed by atoms with E-state index in [9.17, 15) is 9.59 Å². The molecule has 0 saturated carbocycles. The first-order valence-electron chi connectivity index (χ1n) is 9.43. The zero-order valence-electron chi connectivity index (χ0n) is 16.3. The lowest BCUT2D eigenvalue weighted by Gasteiger charge is -2.31. The number of benzene rings is 1. The number of carbonyl (C=O) groups is 2. The van der Waals surface area contributed by atoms with E-state index in [-0.39, 0.29) is 24.2 Å². The summed E-state index contributed by atoms with van der Waals surface area (Å²) in [6.07, 6.45) is 0.270. The minimum absolute atomic E-state index is 0.0186. The number of hydrogen-bond acceptors (Lipinski definition) is 6. The van der Waals surface area contributed by atoms with Gasteiger partial charge in [-0.3, -0.25) is 14.5 Å². The fourth-order valence-corrected chi connectivity index (χ4v) is 2.94. The molecule has 0 N–H and O–H groups in total. The van der Waals surface area contributed by atoms with E-state index in [1.807, 2.05) is 30.3 Å². The molecule has 1 amide bonds. The third-order valence-electron chi connectivity index (χ3n) is 4.57. The number of methoxy groups -OCH3 is 1. The highest BCUT2D eigenvalue weighted by Gasteiger charge is 2.22. The first-order chi connectivity index (χ1) is 13.1. The lowest BCUT2D eigenvalue weighted by molar-refractivity contribution is -0.146. The molecule has 1 heterocycles. The number of hydrogen-bond donors (Lipinski definition) is 0. The van der Waals surface area contributed by atoms with E-state index >= 15 is 0 Å². The van der Waals surface area contributed by atoms with Crippen LogP contribution in [0.1, 0.15) is 13.3 Å². The Hall–Kier alpha value is -2.12. The van der Waals surface area contributed by atoms with Gasteiger partial charge in [0, 0.05) is 32.7 Å². The Morgan fingerprint density at radius 2 is 1.93 bits per heavy atom. The predicted octanol–water partition coefficient (Wildman–Crippen LogP) is 1.43. The molecule has 150 valence electrons. The Balaban J connectivity index is 1.85. The molecule has 0 radical (unpaired) electrons. The smallest absolute Gasteiger partial charge is 0.310 e. The van der Waals surface area contributed by atoms with Gasteiger partial charge in [-0.2, -0.15) is 0 Å². The van der Waals surface area contributed by atoms with Crippen LogP contribution in [0.3, 0.4) is 0 Å². The number of ether oxygens (including phenoxy) is 3. The molecule has 7 nitrogen and oxygen atoms in total. The minimum Gasteiger partial charge on any atom is -0.493 e. The van der Waals surface area contributed by atoms with Crippen molar-refractivity contribution in [1.82, 2.24) is 9.80 Å². The predicted molar refractivity (Wildman–Crippen MR) is 102 cm³/mol. The molecule has 1 atom stereocenters. The van der Waals surface area contributed by atoms with Crippen LogP contribution in [0.4, 0.5) is 0 Å². The molecule has 1 aromatic carbocycles. The van der Waals surface area contributed by atoms with Gasteiger partial charge in [0.25, 0.3) is 0 Å². The zero-order valence-corrected chi connectivity index (χ0v) is 16.3. The second-order valence-electron chi connectivity index (χ2n) is 6.63. The van der Waals surface area contributed by atoms with Crippen LogP contribution in [0, 0.1) is 5.92 Å². The number of nitrogens with zero attached hydrogens (tertiary/aromatic N) is 2. The number of carbonyl (C=O) groups excluding carboxylic acids is 2. The molecular weight excluding hydrogens is 348 g/mol. The lowest BCUT2D eigenvalue weighted by atomic mass is 10.1. The van der Waals surface area contributed by atoms with Gasteiger partial charge < -0.3 is 19.1 Å². The van der Waals surface area contributed by atoms with Crippen LogP contribution in [0.15, 0.2) is 30.3 Å². The van der Waals surface area contributed by atoms with Crippen molar-refractivity contribution < 1.29 is 23.8 Å². The second-order valence-corrected chi connectivity index (χ2v) is 6.63. The van der Waals surface area contributed by atoms with Crippen molar-refractivity contribution in [2.45, 2.75) is 13.3 Å². The van der Waals surface area contributed by atoms with Gasteiger partial charge in [-0.25, -0.2) is 0 Å². The van der Waals surface area contributed by atoms with Gasteiger partial charge in [0.05, 0.1) is 39.3 Å². The van der Waals surface area contributed by atoms with E-state index < -0.39 is 0 Å². The van der Waals surface area contributed by atoms with Gasteiger partial charge in [0.15, 0.2) is 0 Å². The average molecular weight is 378 g/mol. The molecule has 0 spiro atoms. The van der Waals surface area contributed by atoms with Gasteiger partial charge in [0.1, 0.15) is 5.75 Å². The summed E-state index contributed by atoms with van der Waals surface area (Å²) in [6, 6.07) is 9.42. The van der Waals surface area contributed by atoms with Gasteiger partial charge >= 0.3 is 5.97 Å². The van der Waals surface area contributed by atoms with Crippen molar-refractivity contribution in [3.05, 3.63) is 30.3 Å². The van der Waals surface area contributed by atoms with Crippen LogP contribution < -0.4 is 4.74 Å². The van der Waals surface area contributed by atoms with Crippen molar-refractivity contribution in [3.8, 4) is 5.75 Å². The summed E-state index contributed by atoms with van der Waals surface area (Å²) >= 11 is 0. The van der Waals surface area contributed by atoms with Crippen LogP contribution in [0.2, 0.25) is 0 Å². The highest BCUT2D eigenvalue weighted by Crippen LogP contribution is 2.10. The quantitative estimate of drug-likeness (QED) is 0.574. The number of esters is 1. The maximum absolute atomic E-state index is 12.7. The molecule has 1 saturated heterocycles. The maximum atomic E-state index is 12.7. The van der Waals surface area contributed by atoms with Crippen LogP contribution >= 0.6 is 0 Å². The van der Waals surface area contributed by atoms with Crippen LogP contribution in [0.5, 0.6) is 5.75 Å². The summed E-state index contributed by atoms with van der Waals surface area (Å²) in [5.74, 6) is 0.0569. The van der Waals surface area contributed by atoms with E-state index in [2.05, 4.69) is 4.90 Å². The summed E-state index contributed by atoms with van der Waals surface area (Å²) in [6.45, 7) is 6.95. The third-order valence-corrected chi connectivity index (χ3v) is 4.57. The third kappa shape index (κ3) is 7.56. The molecule has 0 aliphatic carbocycles. The largest absolute Gasteiger partial charge is 0.493 e. The first kappa shape index (κ1) is 21.2. The Labute approximate surface area is 161 Å². The summed E-state index contributed by atoms with van der Waals surface area (Å²) < 4.78 is 15.8. The Bertz CT molecular complexity index is 575. The second kappa shape index (κ2) is 11.6. The summed E-state index contributed by atoms with van der Waals surface area (Å²) in [4.78, 5) is 28.5. The molecular formula is C20H30N2O5.